The summed E-state index contributed by atoms with van der Waals surface area (Å²) in [6.45, 7) is 0. The lowest BCUT2D eigenvalue weighted by Crippen LogP contribution is -2.06. The molecule has 3 rings (SSSR count). The average Bonchev–Trinajstić information content (AvgIpc) is 2.47. The van der Waals surface area contributed by atoms with Crippen LogP contribution in [-0.4, -0.2) is 10.1 Å². The third-order valence-electron chi connectivity index (χ3n) is 3.47. The Labute approximate surface area is 128 Å². The molecule has 1 heterocycles. The number of nitrogen functional groups attached to an aromatic ring is 1. The van der Waals surface area contributed by atoms with Crippen molar-refractivity contribution in [1.29, 1.82) is 0 Å². The van der Waals surface area contributed by atoms with Gasteiger partial charge in [0, 0.05) is 33.8 Å². The van der Waals surface area contributed by atoms with E-state index in [2.05, 4.69) is 4.98 Å². The minimum Gasteiger partial charge on any atom is -0.398 e. The average molecular weight is 299 g/mol. The number of halogens is 1. The molecule has 0 saturated heterocycles. The van der Waals surface area contributed by atoms with Crippen molar-refractivity contribution in [2.45, 2.75) is 12.5 Å². The van der Waals surface area contributed by atoms with Crippen molar-refractivity contribution in [2.24, 2.45) is 0 Å². The van der Waals surface area contributed by atoms with Gasteiger partial charge in [0.2, 0.25) is 0 Å². The van der Waals surface area contributed by atoms with E-state index in [-0.39, 0.29) is 0 Å². The predicted molar refractivity (Wildman–Crippen MR) is 86.3 cm³/mol. The van der Waals surface area contributed by atoms with E-state index in [1.807, 2.05) is 36.4 Å². The fraction of sp³-hybridized carbons (Fsp3) is 0.118. The van der Waals surface area contributed by atoms with E-state index in [9.17, 15) is 5.11 Å². The number of fused-ring (bicyclic) bond motifs is 1. The lowest BCUT2D eigenvalue weighted by Gasteiger charge is -2.13. The van der Waals surface area contributed by atoms with Crippen molar-refractivity contribution in [3.63, 3.8) is 0 Å². The summed E-state index contributed by atoms with van der Waals surface area (Å²) in [5, 5.41) is 12.0. The molecule has 0 aliphatic rings. The highest BCUT2D eigenvalue weighted by Crippen LogP contribution is 2.26. The summed E-state index contributed by atoms with van der Waals surface area (Å²) >= 11 is 5.87. The first kappa shape index (κ1) is 13.9. The van der Waals surface area contributed by atoms with E-state index in [0.717, 1.165) is 16.6 Å². The van der Waals surface area contributed by atoms with Gasteiger partial charge in [0.15, 0.2) is 0 Å². The number of rotatable bonds is 3. The number of hydrogen-bond acceptors (Lipinski definition) is 3. The molecule has 0 fully saturated rings. The molecule has 0 aliphatic heterocycles. The van der Waals surface area contributed by atoms with Crippen molar-refractivity contribution < 1.29 is 5.11 Å². The molecule has 1 unspecified atom stereocenters. The number of para-hydroxylation sites is 1. The molecule has 21 heavy (non-hydrogen) atoms. The Morgan fingerprint density at radius 1 is 1.10 bits per heavy atom. The maximum atomic E-state index is 10.4. The first-order chi connectivity index (χ1) is 10.1. The van der Waals surface area contributed by atoms with Gasteiger partial charge in [-0.2, -0.15) is 0 Å². The monoisotopic (exact) mass is 298 g/mol. The van der Waals surface area contributed by atoms with Crippen LogP contribution in [0.25, 0.3) is 10.9 Å². The van der Waals surface area contributed by atoms with E-state index in [4.69, 9.17) is 17.3 Å². The number of aromatic nitrogens is 1. The molecule has 1 atom stereocenters. The molecule has 0 saturated carbocycles. The molecule has 3 N–H and O–H groups in total. The van der Waals surface area contributed by atoms with Gasteiger partial charge in [-0.25, -0.2) is 0 Å². The number of anilines is 1. The van der Waals surface area contributed by atoms with Crippen LogP contribution in [0.4, 0.5) is 5.69 Å². The van der Waals surface area contributed by atoms with Crippen molar-refractivity contribution in [1.82, 2.24) is 4.98 Å². The Hall–Kier alpha value is -2.10. The number of nitrogens with two attached hydrogens (primary N) is 1. The highest BCUT2D eigenvalue weighted by Gasteiger charge is 2.13. The fourth-order valence-corrected chi connectivity index (χ4v) is 2.56. The van der Waals surface area contributed by atoms with Gasteiger partial charge in [-0.1, -0.05) is 41.9 Å². The molecule has 0 aliphatic carbocycles. The number of benzene rings is 2. The lowest BCUT2D eigenvalue weighted by molar-refractivity contribution is 0.178. The second kappa shape index (κ2) is 5.72. The molecular formula is C17H15ClN2O. The number of pyridine rings is 1. The van der Waals surface area contributed by atoms with Crippen molar-refractivity contribution in [3.8, 4) is 0 Å². The summed E-state index contributed by atoms with van der Waals surface area (Å²) in [4.78, 5) is 4.56. The summed E-state index contributed by atoms with van der Waals surface area (Å²) in [6.07, 6.45) is -0.285. The summed E-state index contributed by atoms with van der Waals surface area (Å²) in [7, 11) is 0. The summed E-state index contributed by atoms with van der Waals surface area (Å²) in [5.74, 6) is 0. The molecule has 3 aromatic rings. The standard InChI is InChI=1S/C17H15ClN2O/c18-12-6-8-14(15(19)9-12)17(21)10-13-7-5-11-3-1-2-4-16(11)20-13/h1-9,17,21H,10,19H2. The second-order valence-corrected chi connectivity index (χ2v) is 5.42. The van der Waals surface area contributed by atoms with Crippen LogP contribution >= 0.6 is 11.6 Å². The SMILES string of the molecule is Nc1cc(Cl)ccc1C(O)Cc1ccc2ccccc2n1. The molecule has 0 bridgehead atoms. The van der Waals surface area contributed by atoms with Crippen molar-refractivity contribution >= 4 is 28.2 Å². The van der Waals surface area contributed by atoms with Crippen LogP contribution in [-0.2, 0) is 6.42 Å². The van der Waals surface area contributed by atoms with Crippen molar-refractivity contribution in [3.05, 3.63) is 70.9 Å². The van der Waals surface area contributed by atoms with Gasteiger partial charge in [-0.3, -0.25) is 4.98 Å². The Balaban J connectivity index is 1.87. The third kappa shape index (κ3) is 2.99. The third-order valence-corrected chi connectivity index (χ3v) is 3.70. The van der Waals surface area contributed by atoms with Gasteiger partial charge in [-0.05, 0) is 24.3 Å². The topological polar surface area (TPSA) is 59.1 Å². The quantitative estimate of drug-likeness (QED) is 0.724. The van der Waals surface area contributed by atoms with Crippen LogP contribution < -0.4 is 5.73 Å². The predicted octanol–water partition coefficient (Wildman–Crippen LogP) is 3.75. The highest BCUT2D eigenvalue weighted by molar-refractivity contribution is 6.30. The Morgan fingerprint density at radius 3 is 2.71 bits per heavy atom. The molecule has 0 amide bonds. The van der Waals surface area contributed by atoms with Crippen LogP contribution in [0.15, 0.2) is 54.6 Å². The van der Waals surface area contributed by atoms with E-state index >= 15 is 0 Å². The lowest BCUT2D eigenvalue weighted by atomic mass is 10.0. The maximum Gasteiger partial charge on any atom is 0.0865 e. The van der Waals surface area contributed by atoms with Crippen LogP contribution in [0.1, 0.15) is 17.4 Å². The van der Waals surface area contributed by atoms with E-state index in [0.29, 0.717) is 22.7 Å². The summed E-state index contributed by atoms with van der Waals surface area (Å²) in [5.41, 5.74) is 8.82. The summed E-state index contributed by atoms with van der Waals surface area (Å²) in [6, 6.07) is 17.0. The minimum absolute atomic E-state index is 0.413. The van der Waals surface area contributed by atoms with Gasteiger partial charge in [-0.15, -0.1) is 0 Å². The van der Waals surface area contributed by atoms with Crippen molar-refractivity contribution in [2.75, 3.05) is 5.73 Å². The molecule has 3 nitrogen and oxygen atoms in total. The molecule has 106 valence electrons. The largest absolute Gasteiger partial charge is 0.398 e. The number of aliphatic hydroxyl groups is 1. The Morgan fingerprint density at radius 2 is 1.90 bits per heavy atom. The normalized spacial score (nSPS) is 12.5. The highest BCUT2D eigenvalue weighted by atomic mass is 35.5. The zero-order chi connectivity index (χ0) is 14.8. The van der Waals surface area contributed by atoms with Gasteiger partial charge in [0.05, 0.1) is 11.6 Å². The Kier molecular flexibility index (Phi) is 3.78. The van der Waals surface area contributed by atoms with Gasteiger partial charge >= 0.3 is 0 Å². The van der Waals surface area contributed by atoms with Gasteiger partial charge < -0.3 is 10.8 Å². The fourth-order valence-electron chi connectivity index (χ4n) is 2.38. The molecule has 1 aromatic heterocycles. The molecule has 4 heteroatoms. The van der Waals surface area contributed by atoms with E-state index < -0.39 is 6.10 Å². The minimum atomic E-state index is -0.698. The van der Waals surface area contributed by atoms with Crippen LogP contribution in [0.3, 0.4) is 0 Å². The van der Waals surface area contributed by atoms with E-state index in [1.165, 1.54) is 0 Å². The molecule has 0 radical (unpaired) electrons. The first-order valence-electron chi connectivity index (χ1n) is 6.71. The van der Waals surface area contributed by atoms with Crippen LogP contribution in [0, 0.1) is 0 Å². The first-order valence-corrected chi connectivity index (χ1v) is 7.09. The van der Waals surface area contributed by atoms with Crippen LogP contribution in [0.2, 0.25) is 5.02 Å². The van der Waals surface area contributed by atoms with Crippen LogP contribution in [0.5, 0.6) is 0 Å². The smallest absolute Gasteiger partial charge is 0.0865 e. The molecule has 2 aromatic carbocycles. The second-order valence-electron chi connectivity index (χ2n) is 4.99. The zero-order valence-corrected chi connectivity index (χ0v) is 12.1. The number of aliphatic hydroxyl groups excluding tert-OH is 1. The zero-order valence-electron chi connectivity index (χ0n) is 11.3. The number of nitrogens with zero attached hydrogens (tertiary/aromatic N) is 1. The number of hydrogen-bond donors (Lipinski definition) is 2. The summed E-state index contributed by atoms with van der Waals surface area (Å²) < 4.78 is 0. The van der Waals surface area contributed by atoms with Gasteiger partial charge in [0.1, 0.15) is 0 Å². The van der Waals surface area contributed by atoms with E-state index in [1.54, 1.807) is 18.2 Å². The Bertz CT molecular complexity index is 789. The van der Waals surface area contributed by atoms with Gasteiger partial charge in [0.25, 0.3) is 0 Å². The maximum absolute atomic E-state index is 10.4. The molecule has 0 spiro atoms. The molecular weight excluding hydrogens is 284 g/mol.